The molecule has 3 aromatic rings. The van der Waals surface area contributed by atoms with Gasteiger partial charge in [-0.3, -0.25) is 14.6 Å². The van der Waals surface area contributed by atoms with Crippen molar-refractivity contribution < 1.29 is 18.4 Å². The lowest BCUT2D eigenvalue weighted by Crippen LogP contribution is -2.50. The van der Waals surface area contributed by atoms with Crippen molar-refractivity contribution in [3.05, 3.63) is 70.3 Å². The van der Waals surface area contributed by atoms with Crippen molar-refractivity contribution in [2.24, 2.45) is 5.92 Å². The Morgan fingerprint density at radius 3 is 2.35 bits per heavy atom. The van der Waals surface area contributed by atoms with Gasteiger partial charge in [0.15, 0.2) is 0 Å². The summed E-state index contributed by atoms with van der Waals surface area (Å²) in [5, 5.41) is 7.82. The Morgan fingerprint density at radius 2 is 1.74 bits per heavy atom. The Bertz CT molecular complexity index is 1050. The van der Waals surface area contributed by atoms with Crippen LogP contribution in [0.4, 0.5) is 8.78 Å². The SMILES string of the molecule is CC(NC(=O)C(NC(=O)c1c(F)cccc1F)C(C)C)c1nc(-c2cccnc2)cs1. The molecule has 2 N–H and O–H groups in total. The third-order valence-electron chi connectivity index (χ3n) is 4.63. The zero-order chi connectivity index (χ0) is 22.5. The van der Waals surface area contributed by atoms with Gasteiger partial charge >= 0.3 is 0 Å². The van der Waals surface area contributed by atoms with Gasteiger partial charge in [-0.2, -0.15) is 0 Å². The molecule has 0 bridgehead atoms. The van der Waals surface area contributed by atoms with Gasteiger partial charge in [0, 0.05) is 23.3 Å². The molecule has 0 fully saturated rings. The first kappa shape index (κ1) is 22.5. The van der Waals surface area contributed by atoms with Crippen molar-refractivity contribution in [2.45, 2.75) is 32.9 Å². The predicted molar refractivity (Wildman–Crippen MR) is 114 cm³/mol. The standard InChI is InChI=1S/C22H22F2N4O2S/c1-12(2)19(28-20(29)18-15(23)7-4-8-16(18)24)21(30)26-13(3)22-27-17(11-31-22)14-6-5-9-25-10-14/h4-13,19H,1-3H3,(H,26,30)(H,28,29). The number of benzene rings is 1. The van der Waals surface area contributed by atoms with Gasteiger partial charge in [0.2, 0.25) is 5.91 Å². The van der Waals surface area contributed by atoms with Crippen LogP contribution < -0.4 is 10.6 Å². The molecule has 2 heterocycles. The van der Waals surface area contributed by atoms with E-state index < -0.39 is 41.1 Å². The molecule has 0 saturated heterocycles. The third-order valence-corrected chi connectivity index (χ3v) is 5.66. The molecule has 9 heteroatoms. The fourth-order valence-corrected chi connectivity index (χ4v) is 3.80. The van der Waals surface area contributed by atoms with Gasteiger partial charge < -0.3 is 10.6 Å². The summed E-state index contributed by atoms with van der Waals surface area (Å²) >= 11 is 1.39. The summed E-state index contributed by atoms with van der Waals surface area (Å²) < 4.78 is 27.8. The fraction of sp³-hybridized carbons (Fsp3) is 0.273. The van der Waals surface area contributed by atoms with E-state index in [0.29, 0.717) is 5.01 Å². The molecule has 2 atom stereocenters. The van der Waals surface area contributed by atoms with Crippen molar-refractivity contribution >= 4 is 23.2 Å². The maximum absolute atomic E-state index is 13.9. The number of thiazole rings is 1. The first-order valence-electron chi connectivity index (χ1n) is 9.69. The van der Waals surface area contributed by atoms with E-state index in [0.717, 1.165) is 23.4 Å². The van der Waals surface area contributed by atoms with Crippen LogP contribution >= 0.6 is 11.3 Å². The summed E-state index contributed by atoms with van der Waals surface area (Å²) in [6.07, 6.45) is 3.38. The molecule has 2 amide bonds. The minimum Gasteiger partial charge on any atom is -0.345 e. The van der Waals surface area contributed by atoms with Crippen molar-refractivity contribution in [1.29, 1.82) is 0 Å². The van der Waals surface area contributed by atoms with Crippen molar-refractivity contribution in [3.63, 3.8) is 0 Å². The van der Waals surface area contributed by atoms with Crippen LogP contribution in [0.25, 0.3) is 11.3 Å². The van der Waals surface area contributed by atoms with Gasteiger partial charge in [-0.05, 0) is 37.1 Å². The maximum atomic E-state index is 13.9. The quantitative estimate of drug-likeness (QED) is 0.574. The average Bonchev–Trinajstić information content (AvgIpc) is 3.22. The molecular formula is C22H22F2N4O2S. The average molecular weight is 445 g/mol. The van der Waals surface area contributed by atoms with E-state index in [2.05, 4.69) is 20.6 Å². The van der Waals surface area contributed by atoms with E-state index in [9.17, 15) is 18.4 Å². The van der Waals surface area contributed by atoms with Crippen LogP contribution in [0.3, 0.4) is 0 Å². The maximum Gasteiger partial charge on any atom is 0.257 e. The summed E-state index contributed by atoms with van der Waals surface area (Å²) in [5.41, 5.74) is 0.899. The zero-order valence-electron chi connectivity index (χ0n) is 17.2. The van der Waals surface area contributed by atoms with Gasteiger partial charge in [-0.25, -0.2) is 13.8 Å². The van der Waals surface area contributed by atoms with Crippen LogP contribution in [0.1, 0.15) is 42.2 Å². The summed E-state index contributed by atoms with van der Waals surface area (Å²) in [6.45, 7) is 5.24. The van der Waals surface area contributed by atoms with Gasteiger partial charge in [-0.15, -0.1) is 11.3 Å². The van der Waals surface area contributed by atoms with Crippen molar-refractivity contribution in [3.8, 4) is 11.3 Å². The molecule has 2 aromatic heterocycles. The number of hydrogen-bond acceptors (Lipinski definition) is 5. The molecule has 0 aliphatic heterocycles. The molecule has 0 spiro atoms. The highest BCUT2D eigenvalue weighted by molar-refractivity contribution is 7.10. The summed E-state index contributed by atoms with van der Waals surface area (Å²) in [4.78, 5) is 33.9. The topological polar surface area (TPSA) is 84.0 Å². The van der Waals surface area contributed by atoms with Crippen LogP contribution in [-0.4, -0.2) is 27.8 Å². The van der Waals surface area contributed by atoms with Crippen LogP contribution in [0.5, 0.6) is 0 Å². The second-order valence-electron chi connectivity index (χ2n) is 7.33. The molecule has 3 rings (SSSR count). The Labute approximate surface area is 182 Å². The van der Waals surface area contributed by atoms with E-state index in [1.807, 2.05) is 17.5 Å². The van der Waals surface area contributed by atoms with E-state index >= 15 is 0 Å². The lowest BCUT2D eigenvalue weighted by atomic mass is 10.0. The van der Waals surface area contributed by atoms with E-state index in [4.69, 9.17) is 0 Å². The highest BCUT2D eigenvalue weighted by atomic mass is 32.1. The molecule has 31 heavy (non-hydrogen) atoms. The molecule has 0 radical (unpaired) electrons. The van der Waals surface area contributed by atoms with Gasteiger partial charge in [0.1, 0.15) is 28.2 Å². The fourth-order valence-electron chi connectivity index (χ4n) is 2.96. The molecule has 0 aliphatic carbocycles. The number of nitrogens with zero attached hydrogens (tertiary/aromatic N) is 2. The van der Waals surface area contributed by atoms with E-state index in [1.165, 1.54) is 17.4 Å². The molecule has 0 aliphatic rings. The number of amides is 2. The highest BCUT2D eigenvalue weighted by Gasteiger charge is 2.28. The first-order valence-corrected chi connectivity index (χ1v) is 10.6. The number of aromatic nitrogens is 2. The highest BCUT2D eigenvalue weighted by Crippen LogP contribution is 2.25. The van der Waals surface area contributed by atoms with E-state index in [1.54, 1.807) is 33.2 Å². The zero-order valence-corrected chi connectivity index (χ0v) is 18.0. The van der Waals surface area contributed by atoms with Crippen LogP contribution in [0.15, 0.2) is 48.1 Å². The molecule has 6 nitrogen and oxygen atoms in total. The number of carbonyl (C=O) groups is 2. The van der Waals surface area contributed by atoms with Crippen molar-refractivity contribution in [2.75, 3.05) is 0 Å². The Morgan fingerprint density at radius 1 is 1.03 bits per heavy atom. The smallest absolute Gasteiger partial charge is 0.257 e. The number of hydrogen-bond donors (Lipinski definition) is 2. The molecule has 2 unspecified atom stereocenters. The van der Waals surface area contributed by atoms with Gasteiger partial charge in [0.05, 0.1) is 11.7 Å². The second kappa shape index (κ2) is 9.74. The Hall–Kier alpha value is -3.20. The number of carbonyl (C=O) groups excluding carboxylic acids is 2. The number of pyridine rings is 1. The minimum atomic E-state index is -0.987. The number of nitrogens with one attached hydrogen (secondary N) is 2. The van der Waals surface area contributed by atoms with Gasteiger partial charge in [0.25, 0.3) is 5.91 Å². The summed E-state index contributed by atoms with van der Waals surface area (Å²) in [7, 11) is 0. The molecule has 0 saturated carbocycles. The van der Waals surface area contributed by atoms with Crippen LogP contribution in [-0.2, 0) is 4.79 Å². The largest absolute Gasteiger partial charge is 0.345 e. The normalized spacial score (nSPS) is 13.0. The number of halogens is 2. The Balaban J connectivity index is 1.71. The van der Waals surface area contributed by atoms with E-state index in [-0.39, 0.29) is 5.92 Å². The molecule has 162 valence electrons. The van der Waals surface area contributed by atoms with Gasteiger partial charge in [-0.1, -0.05) is 19.9 Å². The van der Waals surface area contributed by atoms with Crippen LogP contribution in [0, 0.1) is 17.6 Å². The minimum absolute atomic E-state index is 0.312. The summed E-state index contributed by atoms with van der Waals surface area (Å²) in [5.74, 6) is -3.73. The third kappa shape index (κ3) is 5.29. The second-order valence-corrected chi connectivity index (χ2v) is 8.22. The summed E-state index contributed by atoms with van der Waals surface area (Å²) in [6, 6.07) is 5.45. The Kier molecular flexibility index (Phi) is 7.06. The molecule has 1 aromatic carbocycles. The number of rotatable bonds is 7. The lowest BCUT2D eigenvalue weighted by Gasteiger charge is -2.23. The lowest BCUT2D eigenvalue weighted by molar-refractivity contribution is -0.124. The van der Waals surface area contributed by atoms with Crippen LogP contribution in [0.2, 0.25) is 0 Å². The van der Waals surface area contributed by atoms with Crippen molar-refractivity contribution in [1.82, 2.24) is 20.6 Å². The monoisotopic (exact) mass is 444 g/mol. The first-order chi connectivity index (χ1) is 14.8. The molecular weight excluding hydrogens is 422 g/mol. The predicted octanol–water partition coefficient (Wildman–Crippen LogP) is 4.12.